The van der Waals surface area contributed by atoms with Crippen molar-refractivity contribution in [3.63, 3.8) is 0 Å². The highest BCUT2D eigenvalue weighted by Crippen LogP contribution is 2.25. The molecule has 0 aliphatic carbocycles. The fourth-order valence-electron chi connectivity index (χ4n) is 1.92. The fraction of sp³-hybridized carbons (Fsp3) is 0.125. The van der Waals surface area contributed by atoms with Crippen molar-refractivity contribution in [3.8, 4) is 0 Å². The van der Waals surface area contributed by atoms with Crippen LogP contribution in [0.1, 0.15) is 5.56 Å². The SMILES string of the molecule is O=C(CSc1nc2cc(Cl)ccc2o1)NCc1ccccc1. The average molecular weight is 333 g/mol. The predicted molar refractivity (Wildman–Crippen MR) is 88.0 cm³/mol. The van der Waals surface area contributed by atoms with Crippen LogP contribution in [0.2, 0.25) is 5.02 Å². The summed E-state index contributed by atoms with van der Waals surface area (Å²) < 4.78 is 5.55. The minimum Gasteiger partial charge on any atom is -0.431 e. The van der Waals surface area contributed by atoms with Gasteiger partial charge in [0.15, 0.2) is 5.58 Å². The standard InChI is InChI=1S/C16H13ClN2O2S/c17-12-6-7-14-13(8-12)19-16(21-14)22-10-15(20)18-9-11-4-2-1-3-5-11/h1-8H,9-10H2,(H,18,20). The number of hydrogen-bond donors (Lipinski definition) is 1. The van der Waals surface area contributed by atoms with Crippen molar-refractivity contribution in [2.75, 3.05) is 5.75 Å². The number of benzene rings is 2. The highest BCUT2D eigenvalue weighted by atomic mass is 35.5. The predicted octanol–water partition coefficient (Wildman–Crippen LogP) is 3.89. The van der Waals surface area contributed by atoms with Crippen LogP contribution in [0.5, 0.6) is 0 Å². The zero-order chi connectivity index (χ0) is 15.4. The van der Waals surface area contributed by atoms with Gasteiger partial charge >= 0.3 is 0 Å². The number of carbonyl (C=O) groups excluding carboxylic acids is 1. The molecular formula is C16H13ClN2O2S. The Hall–Kier alpha value is -1.98. The number of rotatable bonds is 5. The summed E-state index contributed by atoms with van der Waals surface area (Å²) in [6, 6.07) is 15.0. The Labute approximate surface area is 136 Å². The first kappa shape index (κ1) is 14.9. The van der Waals surface area contributed by atoms with E-state index in [9.17, 15) is 4.79 Å². The monoisotopic (exact) mass is 332 g/mol. The molecule has 1 heterocycles. The number of aromatic nitrogens is 1. The van der Waals surface area contributed by atoms with Gasteiger partial charge in [-0.15, -0.1) is 0 Å². The fourth-order valence-corrected chi connectivity index (χ4v) is 2.75. The van der Waals surface area contributed by atoms with Crippen molar-refractivity contribution in [2.45, 2.75) is 11.8 Å². The molecule has 1 amide bonds. The van der Waals surface area contributed by atoms with Gasteiger partial charge in [-0.2, -0.15) is 0 Å². The third kappa shape index (κ3) is 3.81. The second kappa shape index (κ2) is 6.85. The molecule has 0 fully saturated rings. The summed E-state index contributed by atoms with van der Waals surface area (Å²) in [6.45, 7) is 0.517. The Balaban J connectivity index is 1.53. The van der Waals surface area contributed by atoms with Gasteiger partial charge in [-0.25, -0.2) is 4.98 Å². The first-order chi connectivity index (χ1) is 10.7. The van der Waals surface area contributed by atoms with Crippen LogP contribution in [0.3, 0.4) is 0 Å². The molecule has 0 saturated heterocycles. The average Bonchev–Trinajstić information content (AvgIpc) is 2.94. The summed E-state index contributed by atoms with van der Waals surface area (Å²) in [6.07, 6.45) is 0. The van der Waals surface area contributed by atoms with E-state index in [1.54, 1.807) is 18.2 Å². The normalized spacial score (nSPS) is 10.8. The lowest BCUT2D eigenvalue weighted by Gasteiger charge is -2.03. The first-order valence-corrected chi connectivity index (χ1v) is 8.06. The minimum absolute atomic E-state index is 0.0610. The molecule has 6 heteroatoms. The van der Waals surface area contributed by atoms with Crippen LogP contribution in [-0.4, -0.2) is 16.6 Å². The molecular weight excluding hydrogens is 320 g/mol. The number of nitrogens with one attached hydrogen (secondary N) is 1. The zero-order valence-electron chi connectivity index (χ0n) is 11.6. The molecule has 0 spiro atoms. The van der Waals surface area contributed by atoms with E-state index in [2.05, 4.69) is 10.3 Å². The smallest absolute Gasteiger partial charge is 0.257 e. The van der Waals surface area contributed by atoms with E-state index >= 15 is 0 Å². The van der Waals surface area contributed by atoms with Crippen molar-refractivity contribution >= 4 is 40.4 Å². The van der Waals surface area contributed by atoms with Gasteiger partial charge in [-0.3, -0.25) is 4.79 Å². The maximum absolute atomic E-state index is 11.8. The number of fused-ring (bicyclic) bond motifs is 1. The lowest BCUT2D eigenvalue weighted by Crippen LogP contribution is -2.24. The topological polar surface area (TPSA) is 55.1 Å². The molecule has 3 rings (SSSR count). The summed E-state index contributed by atoms with van der Waals surface area (Å²) in [4.78, 5) is 16.1. The Bertz CT molecular complexity index is 789. The van der Waals surface area contributed by atoms with Crippen molar-refractivity contribution < 1.29 is 9.21 Å². The van der Waals surface area contributed by atoms with Gasteiger partial charge in [0.05, 0.1) is 5.75 Å². The largest absolute Gasteiger partial charge is 0.431 e. The van der Waals surface area contributed by atoms with Gasteiger partial charge in [-0.05, 0) is 23.8 Å². The van der Waals surface area contributed by atoms with Crippen LogP contribution >= 0.6 is 23.4 Å². The molecule has 0 aliphatic rings. The minimum atomic E-state index is -0.0610. The van der Waals surface area contributed by atoms with E-state index in [0.29, 0.717) is 27.9 Å². The van der Waals surface area contributed by atoms with Crippen LogP contribution in [0.25, 0.3) is 11.1 Å². The molecule has 0 saturated carbocycles. The van der Waals surface area contributed by atoms with Crippen molar-refractivity contribution in [2.24, 2.45) is 0 Å². The van der Waals surface area contributed by atoms with Gasteiger partial charge in [0, 0.05) is 11.6 Å². The molecule has 0 bridgehead atoms. The van der Waals surface area contributed by atoms with Gasteiger partial charge in [0.1, 0.15) is 5.52 Å². The van der Waals surface area contributed by atoms with Crippen LogP contribution in [0.4, 0.5) is 0 Å². The van der Waals surface area contributed by atoms with E-state index in [1.807, 2.05) is 30.3 Å². The number of thioether (sulfide) groups is 1. The number of carbonyl (C=O) groups is 1. The van der Waals surface area contributed by atoms with Crippen molar-refractivity contribution in [1.29, 1.82) is 0 Å². The van der Waals surface area contributed by atoms with E-state index in [0.717, 1.165) is 5.56 Å². The van der Waals surface area contributed by atoms with E-state index in [4.69, 9.17) is 16.0 Å². The third-order valence-corrected chi connectivity index (χ3v) is 4.05. The van der Waals surface area contributed by atoms with Gasteiger partial charge in [0.2, 0.25) is 5.91 Å². The lowest BCUT2D eigenvalue weighted by atomic mass is 10.2. The van der Waals surface area contributed by atoms with Crippen LogP contribution in [-0.2, 0) is 11.3 Å². The van der Waals surface area contributed by atoms with Crippen molar-refractivity contribution in [1.82, 2.24) is 10.3 Å². The summed E-state index contributed by atoms with van der Waals surface area (Å²) in [5.74, 6) is 0.196. The first-order valence-electron chi connectivity index (χ1n) is 6.70. The van der Waals surface area contributed by atoms with E-state index in [1.165, 1.54) is 11.8 Å². The number of hydrogen-bond acceptors (Lipinski definition) is 4. The maximum atomic E-state index is 11.8. The van der Waals surface area contributed by atoms with Crippen molar-refractivity contribution in [3.05, 3.63) is 59.1 Å². The second-order valence-corrected chi connectivity index (χ2v) is 6.01. The molecule has 1 aromatic heterocycles. The molecule has 0 atom stereocenters. The number of oxazole rings is 1. The highest BCUT2D eigenvalue weighted by Gasteiger charge is 2.09. The van der Waals surface area contributed by atoms with Gasteiger partial charge in [0.25, 0.3) is 5.22 Å². The third-order valence-electron chi connectivity index (χ3n) is 2.99. The molecule has 1 N–H and O–H groups in total. The Kier molecular flexibility index (Phi) is 4.65. The Morgan fingerprint density at radius 2 is 2.05 bits per heavy atom. The Morgan fingerprint density at radius 1 is 1.23 bits per heavy atom. The number of halogens is 1. The Morgan fingerprint density at radius 3 is 2.86 bits per heavy atom. The maximum Gasteiger partial charge on any atom is 0.257 e. The molecule has 112 valence electrons. The highest BCUT2D eigenvalue weighted by molar-refractivity contribution is 7.99. The van der Waals surface area contributed by atoms with Crippen LogP contribution in [0.15, 0.2) is 58.2 Å². The van der Waals surface area contributed by atoms with E-state index < -0.39 is 0 Å². The van der Waals surface area contributed by atoms with Gasteiger partial charge in [-0.1, -0.05) is 53.7 Å². The molecule has 0 unspecified atom stereocenters. The lowest BCUT2D eigenvalue weighted by molar-refractivity contribution is -0.118. The zero-order valence-corrected chi connectivity index (χ0v) is 13.2. The molecule has 0 radical (unpaired) electrons. The molecule has 2 aromatic carbocycles. The molecule has 3 aromatic rings. The quantitative estimate of drug-likeness (QED) is 0.720. The summed E-state index contributed by atoms with van der Waals surface area (Å²) in [5, 5.41) is 3.94. The van der Waals surface area contributed by atoms with Crippen LogP contribution in [0, 0.1) is 0 Å². The molecule has 0 aliphatic heterocycles. The second-order valence-electron chi connectivity index (χ2n) is 4.64. The van der Waals surface area contributed by atoms with Gasteiger partial charge < -0.3 is 9.73 Å². The molecule has 22 heavy (non-hydrogen) atoms. The summed E-state index contributed by atoms with van der Waals surface area (Å²) in [5.41, 5.74) is 2.42. The number of amides is 1. The summed E-state index contributed by atoms with van der Waals surface area (Å²) >= 11 is 7.16. The van der Waals surface area contributed by atoms with E-state index in [-0.39, 0.29) is 11.7 Å². The summed E-state index contributed by atoms with van der Waals surface area (Å²) in [7, 11) is 0. The number of nitrogens with zero attached hydrogens (tertiary/aromatic N) is 1. The van der Waals surface area contributed by atoms with Crippen LogP contribution < -0.4 is 5.32 Å². The molecule has 4 nitrogen and oxygen atoms in total.